The number of esters is 1. The van der Waals surface area contributed by atoms with E-state index >= 15 is 0 Å². The molecule has 2 aromatic carbocycles. The summed E-state index contributed by atoms with van der Waals surface area (Å²) >= 11 is 0. The first-order valence-corrected chi connectivity index (χ1v) is 10.7. The summed E-state index contributed by atoms with van der Waals surface area (Å²) < 4.78 is 29.4. The van der Waals surface area contributed by atoms with Crippen LogP contribution in [0, 0.1) is 5.82 Å². The highest BCUT2D eigenvalue weighted by Crippen LogP contribution is 2.23. The van der Waals surface area contributed by atoms with Crippen LogP contribution in [0.1, 0.15) is 18.1 Å². The number of fused-ring (bicyclic) bond motifs is 1. The number of hydrogen-bond acceptors (Lipinski definition) is 7. The molecule has 2 N–H and O–H groups in total. The van der Waals surface area contributed by atoms with Crippen LogP contribution in [0.5, 0.6) is 5.75 Å². The van der Waals surface area contributed by atoms with Crippen LogP contribution < -0.4 is 21.0 Å². The van der Waals surface area contributed by atoms with E-state index < -0.39 is 41.3 Å². The Hall–Kier alpha value is -4.21. The van der Waals surface area contributed by atoms with E-state index in [9.17, 15) is 23.6 Å². The van der Waals surface area contributed by atoms with Crippen LogP contribution in [-0.2, 0) is 32.0 Å². The smallest absolute Gasteiger partial charge is 0.336 e. The molecule has 3 rings (SSSR count). The van der Waals surface area contributed by atoms with E-state index in [4.69, 9.17) is 13.9 Å². The first-order chi connectivity index (χ1) is 16.7. The predicted octanol–water partition coefficient (Wildman–Crippen LogP) is 1.89. The van der Waals surface area contributed by atoms with Gasteiger partial charge in [-0.3, -0.25) is 9.59 Å². The molecule has 0 aliphatic rings. The summed E-state index contributed by atoms with van der Waals surface area (Å²) in [5.41, 5.74) is 0.250. The lowest BCUT2D eigenvalue weighted by molar-refractivity contribution is -0.145. The van der Waals surface area contributed by atoms with E-state index in [2.05, 4.69) is 10.6 Å². The van der Waals surface area contributed by atoms with Gasteiger partial charge in [0.15, 0.2) is 0 Å². The van der Waals surface area contributed by atoms with Crippen molar-refractivity contribution < 1.29 is 32.7 Å². The first kappa shape index (κ1) is 25.4. The number of nitrogens with one attached hydrogen (secondary N) is 2. The SMILES string of the molecule is COC(=O)[C@H](Cc1cc(=O)oc2cc(OC)ccc12)NC(=O)[C@@H](Cc1ccccc1F)NC(C)=O. The zero-order valence-corrected chi connectivity index (χ0v) is 19.4. The van der Waals surface area contributed by atoms with Gasteiger partial charge < -0.3 is 24.5 Å². The molecule has 9 nitrogen and oxygen atoms in total. The molecule has 0 radical (unpaired) electrons. The molecule has 0 spiro atoms. The molecule has 0 unspecified atom stereocenters. The molecule has 0 aliphatic heterocycles. The van der Waals surface area contributed by atoms with E-state index in [0.717, 1.165) is 7.11 Å². The average molecular weight is 484 g/mol. The number of carbonyl (C=O) groups excluding carboxylic acids is 3. The van der Waals surface area contributed by atoms with Crippen molar-refractivity contribution in [3.05, 3.63) is 75.9 Å². The molecule has 0 bridgehead atoms. The third kappa shape index (κ3) is 6.44. The molecule has 35 heavy (non-hydrogen) atoms. The Balaban J connectivity index is 1.90. The number of carbonyl (C=O) groups is 3. The molecule has 184 valence electrons. The molecule has 2 amide bonds. The van der Waals surface area contributed by atoms with Gasteiger partial charge >= 0.3 is 11.6 Å². The lowest BCUT2D eigenvalue weighted by Gasteiger charge is -2.22. The van der Waals surface area contributed by atoms with Crippen molar-refractivity contribution in [3.63, 3.8) is 0 Å². The van der Waals surface area contributed by atoms with Gasteiger partial charge in [0.05, 0.1) is 14.2 Å². The fourth-order valence-corrected chi connectivity index (χ4v) is 3.67. The van der Waals surface area contributed by atoms with Crippen molar-refractivity contribution in [1.82, 2.24) is 10.6 Å². The maximum absolute atomic E-state index is 14.2. The summed E-state index contributed by atoms with van der Waals surface area (Å²) in [5, 5.41) is 5.58. The van der Waals surface area contributed by atoms with Gasteiger partial charge in [-0.05, 0) is 29.3 Å². The normalized spacial score (nSPS) is 12.5. The number of amides is 2. The van der Waals surface area contributed by atoms with Crippen molar-refractivity contribution in [2.75, 3.05) is 14.2 Å². The van der Waals surface area contributed by atoms with Gasteiger partial charge in [-0.2, -0.15) is 0 Å². The monoisotopic (exact) mass is 484 g/mol. The van der Waals surface area contributed by atoms with Crippen LogP contribution in [-0.4, -0.2) is 44.1 Å². The molecule has 3 aromatic rings. The van der Waals surface area contributed by atoms with E-state index in [1.807, 2.05) is 0 Å². The summed E-state index contributed by atoms with van der Waals surface area (Å²) in [6, 6.07) is 9.61. The van der Waals surface area contributed by atoms with Gasteiger partial charge in [-0.15, -0.1) is 0 Å². The minimum absolute atomic E-state index is 0.0979. The number of halogens is 1. The summed E-state index contributed by atoms with van der Waals surface area (Å²) in [5.74, 6) is -2.04. The third-order valence-electron chi connectivity index (χ3n) is 5.34. The number of ether oxygens (including phenoxy) is 2. The molecule has 1 heterocycles. The van der Waals surface area contributed by atoms with Crippen molar-refractivity contribution in [2.24, 2.45) is 0 Å². The highest BCUT2D eigenvalue weighted by Gasteiger charge is 2.28. The van der Waals surface area contributed by atoms with Crippen molar-refractivity contribution in [3.8, 4) is 5.75 Å². The van der Waals surface area contributed by atoms with E-state index in [1.54, 1.807) is 18.2 Å². The maximum Gasteiger partial charge on any atom is 0.336 e. The quantitative estimate of drug-likeness (QED) is 0.351. The van der Waals surface area contributed by atoms with E-state index in [-0.39, 0.29) is 24.0 Å². The van der Waals surface area contributed by atoms with Crippen LogP contribution in [0.15, 0.2) is 57.7 Å². The molecular weight excluding hydrogens is 459 g/mol. The molecule has 2 atom stereocenters. The summed E-state index contributed by atoms with van der Waals surface area (Å²) in [6.07, 6.45) is -0.233. The van der Waals surface area contributed by atoms with Crippen molar-refractivity contribution in [2.45, 2.75) is 31.8 Å². The molecule has 1 aromatic heterocycles. The zero-order chi connectivity index (χ0) is 25.5. The number of hydrogen-bond donors (Lipinski definition) is 2. The second-order valence-electron chi connectivity index (χ2n) is 7.79. The Morgan fingerprint density at radius 2 is 1.69 bits per heavy atom. The number of rotatable bonds is 9. The highest BCUT2D eigenvalue weighted by atomic mass is 19.1. The Bertz CT molecular complexity index is 1300. The van der Waals surface area contributed by atoms with Crippen LogP contribution in [0.25, 0.3) is 11.0 Å². The van der Waals surface area contributed by atoms with Gasteiger partial charge in [0.2, 0.25) is 11.8 Å². The first-order valence-electron chi connectivity index (χ1n) is 10.7. The molecular formula is C25H25FN2O7. The Kier molecular flexibility index (Phi) is 8.19. The van der Waals surface area contributed by atoms with Gasteiger partial charge in [-0.1, -0.05) is 18.2 Å². The predicted molar refractivity (Wildman–Crippen MR) is 124 cm³/mol. The van der Waals surface area contributed by atoms with E-state index in [1.165, 1.54) is 44.4 Å². The lowest BCUT2D eigenvalue weighted by Crippen LogP contribution is -2.53. The maximum atomic E-state index is 14.2. The van der Waals surface area contributed by atoms with Gasteiger partial charge in [0.1, 0.15) is 29.2 Å². The Morgan fingerprint density at radius 3 is 2.34 bits per heavy atom. The van der Waals surface area contributed by atoms with Crippen molar-refractivity contribution in [1.29, 1.82) is 0 Å². The zero-order valence-electron chi connectivity index (χ0n) is 19.4. The Labute approximate surface area is 200 Å². The van der Waals surface area contributed by atoms with Crippen LogP contribution in [0.2, 0.25) is 0 Å². The molecule has 0 aliphatic carbocycles. The lowest BCUT2D eigenvalue weighted by atomic mass is 10.0. The molecule has 0 saturated carbocycles. The van der Waals surface area contributed by atoms with Crippen LogP contribution in [0.3, 0.4) is 0 Å². The second-order valence-corrected chi connectivity index (χ2v) is 7.79. The number of methoxy groups -OCH3 is 2. The topological polar surface area (TPSA) is 124 Å². The highest BCUT2D eigenvalue weighted by molar-refractivity contribution is 5.91. The molecule has 0 saturated heterocycles. The summed E-state index contributed by atoms with van der Waals surface area (Å²) in [7, 11) is 2.63. The van der Waals surface area contributed by atoms with Crippen LogP contribution in [0.4, 0.5) is 4.39 Å². The van der Waals surface area contributed by atoms with Gasteiger partial charge in [0, 0.05) is 37.3 Å². The largest absolute Gasteiger partial charge is 0.497 e. The molecule has 10 heteroatoms. The fraction of sp³-hybridized carbons (Fsp3) is 0.280. The Morgan fingerprint density at radius 1 is 0.971 bits per heavy atom. The minimum atomic E-state index is -1.20. The second kappa shape index (κ2) is 11.3. The van der Waals surface area contributed by atoms with Crippen LogP contribution >= 0.6 is 0 Å². The van der Waals surface area contributed by atoms with Gasteiger partial charge in [-0.25, -0.2) is 14.0 Å². The summed E-state index contributed by atoms with van der Waals surface area (Å²) in [6.45, 7) is 1.23. The number of benzene rings is 2. The van der Waals surface area contributed by atoms with Crippen molar-refractivity contribution >= 4 is 28.8 Å². The average Bonchev–Trinajstić information content (AvgIpc) is 2.83. The minimum Gasteiger partial charge on any atom is -0.497 e. The van der Waals surface area contributed by atoms with E-state index in [0.29, 0.717) is 16.7 Å². The standard InChI is InChI=1S/C25H25FN2O7/c1-14(29)27-20(10-15-6-4-5-7-19(15)26)24(31)28-21(25(32)34-3)11-16-12-23(30)35-22-13-17(33-2)8-9-18(16)22/h4-9,12-13,20-21H,10-11H2,1-3H3,(H,27,29)(H,28,31)/t20-,21+/m1/s1. The van der Waals surface area contributed by atoms with Gasteiger partial charge in [0.25, 0.3) is 0 Å². The summed E-state index contributed by atoms with van der Waals surface area (Å²) in [4.78, 5) is 49.4. The fourth-order valence-electron chi connectivity index (χ4n) is 3.67. The third-order valence-corrected chi connectivity index (χ3v) is 5.34. The molecule has 0 fully saturated rings.